The number of hydrogen-bond donors (Lipinski definition) is 2. The first-order valence-corrected chi connectivity index (χ1v) is 11.5. The van der Waals surface area contributed by atoms with Gasteiger partial charge in [0.05, 0.1) is 33.1 Å². The van der Waals surface area contributed by atoms with Crippen LogP contribution in [0.1, 0.15) is 32.1 Å². The predicted octanol–water partition coefficient (Wildman–Crippen LogP) is 5.50. The third-order valence-electron chi connectivity index (χ3n) is 6.21. The van der Waals surface area contributed by atoms with Gasteiger partial charge in [-0.15, -0.1) is 0 Å². The largest absolute Gasteiger partial charge is 0.360 e. The summed E-state index contributed by atoms with van der Waals surface area (Å²) in [5.41, 5.74) is 5.93. The van der Waals surface area contributed by atoms with Crippen LogP contribution in [0.2, 0.25) is 0 Å². The van der Waals surface area contributed by atoms with Crippen molar-refractivity contribution >= 4 is 66.9 Å². The number of pyridine rings is 2. The van der Waals surface area contributed by atoms with Crippen molar-refractivity contribution < 1.29 is 0 Å². The molecule has 5 aromatic rings. The van der Waals surface area contributed by atoms with E-state index in [1.165, 1.54) is 32.1 Å². The highest BCUT2D eigenvalue weighted by Crippen LogP contribution is 2.32. The van der Waals surface area contributed by atoms with Crippen LogP contribution in [-0.2, 0) is 0 Å². The minimum absolute atomic E-state index is 0.466. The van der Waals surface area contributed by atoms with Gasteiger partial charge in [-0.25, -0.2) is 9.97 Å². The van der Waals surface area contributed by atoms with Crippen molar-refractivity contribution in [2.75, 3.05) is 5.32 Å². The molecule has 1 fully saturated rings. The monoisotopic (exact) mass is 438 g/mol. The molecular weight excluding hydrogens is 416 g/mol. The van der Waals surface area contributed by atoms with Gasteiger partial charge in [-0.1, -0.05) is 19.3 Å². The highest BCUT2D eigenvalue weighted by Gasteiger charge is 2.15. The molecule has 0 saturated heterocycles. The van der Waals surface area contributed by atoms with Crippen LogP contribution in [0.25, 0.3) is 43.9 Å². The van der Waals surface area contributed by atoms with Gasteiger partial charge in [-0.05, 0) is 67.5 Å². The van der Waals surface area contributed by atoms with Crippen LogP contribution in [0.15, 0.2) is 54.9 Å². The Bertz CT molecular complexity index is 1490. The van der Waals surface area contributed by atoms with E-state index in [1.807, 2.05) is 42.5 Å². The van der Waals surface area contributed by atoms with E-state index in [1.54, 1.807) is 12.4 Å². The molecule has 3 heterocycles. The molecule has 1 aliphatic rings. The lowest BCUT2D eigenvalue weighted by Crippen LogP contribution is -2.38. The minimum atomic E-state index is 0.466. The SMILES string of the molecule is S=C(Nc1ccc2nc3c4cccnc4c4ncccc4c3nc2c1)NC1CCCCC1. The standard InChI is InChI=1S/C25H22N6S/c32-25(28-15-6-2-1-3-7-15)29-16-10-11-19-20(14-16)31-24-18-9-5-13-27-22(18)21-17(23(24)30-19)8-4-12-26-21/h4-5,8-15H,1-3,6-7H2,(H2,28,29,32). The summed E-state index contributed by atoms with van der Waals surface area (Å²) in [5, 5.41) is 9.36. The van der Waals surface area contributed by atoms with E-state index in [9.17, 15) is 0 Å². The molecule has 6 nitrogen and oxygen atoms in total. The maximum Gasteiger partial charge on any atom is 0.170 e. The van der Waals surface area contributed by atoms with E-state index in [0.717, 1.165) is 49.6 Å². The summed E-state index contributed by atoms with van der Waals surface area (Å²) in [6, 6.07) is 14.4. The number of thiocarbonyl (C=S) groups is 1. The molecule has 6 rings (SSSR count). The van der Waals surface area contributed by atoms with Crippen LogP contribution in [0.4, 0.5) is 5.69 Å². The number of nitrogens with zero attached hydrogens (tertiary/aromatic N) is 4. The van der Waals surface area contributed by atoms with Gasteiger partial charge >= 0.3 is 0 Å². The lowest BCUT2D eigenvalue weighted by molar-refractivity contribution is 0.415. The number of rotatable bonds is 2. The summed E-state index contributed by atoms with van der Waals surface area (Å²) >= 11 is 5.56. The summed E-state index contributed by atoms with van der Waals surface area (Å²) < 4.78 is 0. The smallest absolute Gasteiger partial charge is 0.170 e. The fourth-order valence-corrected chi connectivity index (χ4v) is 4.96. The molecule has 0 amide bonds. The Morgan fingerprint density at radius 3 is 2.12 bits per heavy atom. The molecule has 158 valence electrons. The van der Waals surface area contributed by atoms with Gasteiger partial charge in [0.1, 0.15) is 0 Å². The van der Waals surface area contributed by atoms with Crippen molar-refractivity contribution in [3.63, 3.8) is 0 Å². The molecule has 7 heteroatoms. The van der Waals surface area contributed by atoms with Gasteiger partial charge in [0.15, 0.2) is 5.11 Å². The first-order chi connectivity index (χ1) is 15.8. The molecule has 2 aromatic carbocycles. The van der Waals surface area contributed by atoms with Gasteiger partial charge in [0, 0.05) is 34.9 Å². The Hall–Kier alpha value is -3.45. The zero-order valence-corrected chi connectivity index (χ0v) is 18.3. The molecule has 1 aliphatic carbocycles. The van der Waals surface area contributed by atoms with Crippen molar-refractivity contribution in [1.29, 1.82) is 0 Å². The molecule has 0 atom stereocenters. The zero-order valence-electron chi connectivity index (χ0n) is 17.5. The van der Waals surface area contributed by atoms with E-state index >= 15 is 0 Å². The second-order valence-electron chi connectivity index (χ2n) is 8.36. The van der Waals surface area contributed by atoms with Crippen molar-refractivity contribution in [3.05, 3.63) is 54.9 Å². The zero-order chi connectivity index (χ0) is 21.5. The number of aromatic nitrogens is 4. The third kappa shape index (κ3) is 3.39. The quantitative estimate of drug-likeness (QED) is 0.214. The molecule has 1 saturated carbocycles. The van der Waals surface area contributed by atoms with Crippen LogP contribution in [0.3, 0.4) is 0 Å². The van der Waals surface area contributed by atoms with Gasteiger partial charge < -0.3 is 10.6 Å². The summed E-state index contributed by atoms with van der Waals surface area (Å²) in [4.78, 5) is 19.1. The lowest BCUT2D eigenvalue weighted by atomic mass is 9.96. The first kappa shape index (κ1) is 19.3. The molecule has 3 aromatic heterocycles. The summed E-state index contributed by atoms with van der Waals surface area (Å²) in [5.74, 6) is 0. The lowest BCUT2D eigenvalue weighted by Gasteiger charge is -2.24. The Labute approximate surface area is 190 Å². The van der Waals surface area contributed by atoms with Crippen LogP contribution < -0.4 is 10.6 Å². The number of benzene rings is 2. The van der Waals surface area contributed by atoms with Crippen molar-refractivity contribution in [1.82, 2.24) is 25.3 Å². The molecule has 0 aliphatic heterocycles. The Morgan fingerprint density at radius 1 is 0.781 bits per heavy atom. The highest BCUT2D eigenvalue weighted by molar-refractivity contribution is 7.80. The summed E-state index contributed by atoms with van der Waals surface area (Å²) in [6.07, 6.45) is 9.81. The van der Waals surface area contributed by atoms with E-state index in [4.69, 9.17) is 22.2 Å². The van der Waals surface area contributed by atoms with Gasteiger partial charge in [-0.2, -0.15) is 0 Å². The van der Waals surface area contributed by atoms with Gasteiger partial charge in [0.2, 0.25) is 0 Å². The first-order valence-electron chi connectivity index (χ1n) is 11.1. The average Bonchev–Trinajstić information content (AvgIpc) is 2.84. The number of fused-ring (bicyclic) bond motifs is 7. The Morgan fingerprint density at radius 2 is 1.44 bits per heavy atom. The van der Waals surface area contributed by atoms with E-state index in [2.05, 4.69) is 20.6 Å². The van der Waals surface area contributed by atoms with Crippen LogP contribution >= 0.6 is 12.2 Å². The normalized spacial score (nSPS) is 14.9. The van der Waals surface area contributed by atoms with E-state index in [0.29, 0.717) is 11.2 Å². The maximum atomic E-state index is 5.56. The molecule has 0 radical (unpaired) electrons. The fraction of sp³-hybridized carbons (Fsp3) is 0.240. The number of hydrogen-bond acceptors (Lipinski definition) is 5. The van der Waals surface area contributed by atoms with Gasteiger partial charge in [0.25, 0.3) is 0 Å². The van der Waals surface area contributed by atoms with Gasteiger partial charge in [-0.3, -0.25) is 9.97 Å². The molecule has 32 heavy (non-hydrogen) atoms. The second-order valence-corrected chi connectivity index (χ2v) is 8.77. The van der Waals surface area contributed by atoms with Crippen LogP contribution in [0, 0.1) is 0 Å². The fourth-order valence-electron chi connectivity index (χ4n) is 4.68. The second kappa shape index (κ2) is 7.91. The molecule has 2 N–H and O–H groups in total. The topological polar surface area (TPSA) is 75.6 Å². The Kier molecular flexibility index (Phi) is 4.76. The number of nitrogens with one attached hydrogen (secondary N) is 2. The van der Waals surface area contributed by atoms with E-state index in [-0.39, 0.29) is 0 Å². The van der Waals surface area contributed by atoms with E-state index < -0.39 is 0 Å². The molecule has 0 bridgehead atoms. The molecule has 0 spiro atoms. The molecule has 0 unspecified atom stereocenters. The number of anilines is 1. The average molecular weight is 439 g/mol. The maximum absolute atomic E-state index is 5.56. The molecular formula is C25H22N6S. The van der Waals surface area contributed by atoms with Crippen molar-refractivity contribution in [2.45, 2.75) is 38.1 Å². The Balaban J connectivity index is 1.43. The van der Waals surface area contributed by atoms with Crippen LogP contribution in [0.5, 0.6) is 0 Å². The highest BCUT2D eigenvalue weighted by atomic mass is 32.1. The summed E-state index contributed by atoms with van der Waals surface area (Å²) in [6.45, 7) is 0. The van der Waals surface area contributed by atoms with Crippen molar-refractivity contribution in [3.8, 4) is 0 Å². The van der Waals surface area contributed by atoms with Crippen LogP contribution in [-0.4, -0.2) is 31.1 Å². The summed E-state index contributed by atoms with van der Waals surface area (Å²) in [7, 11) is 0. The predicted molar refractivity (Wildman–Crippen MR) is 134 cm³/mol. The van der Waals surface area contributed by atoms with Crippen molar-refractivity contribution in [2.24, 2.45) is 0 Å². The minimum Gasteiger partial charge on any atom is -0.360 e. The third-order valence-corrected chi connectivity index (χ3v) is 6.43.